The molecule has 11 heteroatoms. The number of alkyl halides is 3. The van der Waals surface area contributed by atoms with Gasteiger partial charge in [0, 0.05) is 30.1 Å². The zero-order valence-electron chi connectivity index (χ0n) is 22.5. The van der Waals surface area contributed by atoms with Crippen LogP contribution in [0.1, 0.15) is 42.7 Å². The van der Waals surface area contributed by atoms with Crippen LogP contribution in [-0.2, 0) is 6.18 Å². The summed E-state index contributed by atoms with van der Waals surface area (Å²) in [6.45, 7) is 7.58. The Hall–Kier alpha value is -4.09. The molecule has 3 aromatic heterocycles. The lowest BCUT2D eigenvalue weighted by Crippen LogP contribution is -2.22. The van der Waals surface area contributed by atoms with Crippen molar-refractivity contribution < 1.29 is 23.1 Å². The van der Waals surface area contributed by atoms with E-state index in [1.165, 1.54) is 56.7 Å². The largest absolute Gasteiger partial charge is 0.433 e. The Kier molecular flexibility index (Phi) is 11.3. The average molecular weight is 555 g/mol. The molecular formula is C29H33F3N6O2. The summed E-state index contributed by atoms with van der Waals surface area (Å²) in [5.41, 5.74) is 0.414. The standard InChI is InChI=1S/C21H14F3N5O.C6H13NO.C2H6/c22-21(23,24)18-11-17(15-7-4-10-25-12-15)28-29(18)19-9-8-16(13-26-19)27-20(30)14-5-2-1-3-6-14;8-6-5-7-3-1-2-4-7;1-2/h1-13H,(H,27,30);8H,1-6H2;1-2H3. The quantitative estimate of drug-likeness (QED) is 0.317. The predicted molar refractivity (Wildman–Crippen MR) is 148 cm³/mol. The van der Waals surface area contributed by atoms with Crippen molar-refractivity contribution in [3.05, 3.63) is 90.5 Å². The smallest absolute Gasteiger partial charge is 0.395 e. The van der Waals surface area contributed by atoms with Crippen molar-refractivity contribution in [1.29, 1.82) is 0 Å². The molecule has 1 aliphatic heterocycles. The SMILES string of the molecule is CC.O=C(Nc1ccc(-n2nc(-c3cccnc3)cc2C(F)(F)F)nc1)c1ccccc1.OCCN1CCCC1. The second kappa shape index (κ2) is 14.9. The van der Waals surface area contributed by atoms with Crippen LogP contribution in [0.25, 0.3) is 17.1 Å². The fraction of sp³-hybridized carbons (Fsp3) is 0.310. The van der Waals surface area contributed by atoms with Crippen molar-refractivity contribution in [1.82, 2.24) is 24.6 Å². The second-order valence-electron chi connectivity index (χ2n) is 8.56. The van der Waals surface area contributed by atoms with Crippen molar-refractivity contribution in [2.75, 3.05) is 31.6 Å². The van der Waals surface area contributed by atoms with E-state index in [2.05, 4.69) is 25.3 Å². The third kappa shape index (κ3) is 8.45. The molecule has 4 heterocycles. The van der Waals surface area contributed by atoms with E-state index in [1.54, 1.807) is 42.5 Å². The number of hydrogen-bond donors (Lipinski definition) is 2. The maximum atomic E-state index is 13.5. The summed E-state index contributed by atoms with van der Waals surface area (Å²) < 4.78 is 41.3. The van der Waals surface area contributed by atoms with Gasteiger partial charge in [0.05, 0.1) is 24.2 Å². The van der Waals surface area contributed by atoms with Crippen molar-refractivity contribution in [2.45, 2.75) is 32.9 Å². The van der Waals surface area contributed by atoms with Crippen molar-refractivity contribution in [3.8, 4) is 17.1 Å². The number of carbonyl (C=O) groups excluding carboxylic acids is 1. The Morgan fingerprint density at radius 1 is 1.00 bits per heavy atom. The van der Waals surface area contributed by atoms with Crippen molar-refractivity contribution in [3.63, 3.8) is 0 Å². The topological polar surface area (TPSA) is 96.2 Å². The minimum absolute atomic E-state index is 0.0322. The average Bonchev–Trinajstić information content (AvgIpc) is 3.67. The first-order valence-corrected chi connectivity index (χ1v) is 13.1. The fourth-order valence-electron chi connectivity index (χ4n) is 3.94. The Labute approximate surface area is 231 Å². The van der Waals surface area contributed by atoms with E-state index < -0.39 is 11.9 Å². The molecule has 2 N–H and O–H groups in total. The maximum Gasteiger partial charge on any atom is 0.433 e. The van der Waals surface area contributed by atoms with Crippen molar-refractivity contribution >= 4 is 11.6 Å². The van der Waals surface area contributed by atoms with Crippen LogP contribution in [0, 0.1) is 0 Å². The van der Waals surface area contributed by atoms with E-state index in [9.17, 15) is 18.0 Å². The lowest BCUT2D eigenvalue weighted by molar-refractivity contribution is -0.142. The third-order valence-corrected chi connectivity index (χ3v) is 5.83. The predicted octanol–water partition coefficient (Wildman–Crippen LogP) is 5.70. The molecular weight excluding hydrogens is 521 g/mol. The van der Waals surface area contributed by atoms with Crippen LogP contribution >= 0.6 is 0 Å². The van der Waals surface area contributed by atoms with Gasteiger partial charge in [-0.05, 0) is 68.4 Å². The van der Waals surface area contributed by atoms with Gasteiger partial charge in [-0.25, -0.2) is 9.67 Å². The van der Waals surface area contributed by atoms with Gasteiger partial charge in [0.15, 0.2) is 11.5 Å². The number of nitrogens with zero attached hydrogens (tertiary/aromatic N) is 5. The fourth-order valence-corrected chi connectivity index (χ4v) is 3.94. The molecule has 8 nitrogen and oxygen atoms in total. The normalized spacial score (nSPS) is 13.1. The van der Waals surface area contributed by atoms with Crippen LogP contribution in [0.2, 0.25) is 0 Å². The first-order chi connectivity index (χ1) is 19.3. The van der Waals surface area contributed by atoms with Gasteiger partial charge in [0.25, 0.3) is 5.91 Å². The number of hydrogen-bond acceptors (Lipinski definition) is 6. The molecule has 212 valence electrons. The van der Waals surface area contributed by atoms with Gasteiger partial charge in [0.2, 0.25) is 0 Å². The number of aliphatic hydroxyl groups excluding tert-OH is 1. The number of aromatic nitrogens is 4. The highest BCUT2D eigenvalue weighted by Gasteiger charge is 2.36. The molecule has 5 rings (SSSR count). The number of carbonyl (C=O) groups is 1. The maximum absolute atomic E-state index is 13.5. The number of anilines is 1. The molecule has 4 aromatic rings. The molecule has 0 radical (unpaired) electrons. The minimum Gasteiger partial charge on any atom is -0.395 e. The second-order valence-corrected chi connectivity index (χ2v) is 8.56. The number of benzene rings is 1. The van der Waals surface area contributed by atoms with E-state index in [-0.39, 0.29) is 17.4 Å². The van der Waals surface area contributed by atoms with Crippen LogP contribution in [0.15, 0.2) is 79.3 Å². The van der Waals surface area contributed by atoms with Gasteiger partial charge in [-0.3, -0.25) is 9.78 Å². The molecule has 0 spiro atoms. The first kappa shape index (κ1) is 30.5. The molecule has 0 unspecified atom stereocenters. The lowest BCUT2D eigenvalue weighted by atomic mass is 10.2. The zero-order chi connectivity index (χ0) is 29.0. The number of likely N-dealkylation sites (tertiary alicyclic amines) is 1. The molecule has 40 heavy (non-hydrogen) atoms. The number of aliphatic hydroxyl groups is 1. The number of halogens is 3. The van der Waals surface area contributed by atoms with Crippen molar-refractivity contribution in [2.24, 2.45) is 0 Å². The van der Waals surface area contributed by atoms with Gasteiger partial charge < -0.3 is 15.3 Å². The minimum atomic E-state index is -4.63. The summed E-state index contributed by atoms with van der Waals surface area (Å²) in [6.07, 6.45) is 2.24. The van der Waals surface area contributed by atoms with Crippen LogP contribution in [0.3, 0.4) is 0 Å². The number of amides is 1. The zero-order valence-corrected chi connectivity index (χ0v) is 22.5. The summed E-state index contributed by atoms with van der Waals surface area (Å²) >= 11 is 0. The monoisotopic (exact) mass is 554 g/mol. The summed E-state index contributed by atoms with van der Waals surface area (Å²) in [6, 6.07) is 15.6. The van der Waals surface area contributed by atoms with Crippen LogP contribution in [0.5, 0.6) is 0 Å². The molecule has 1 aliphatic rings. The van der Waals surface area contributed by atoms with E-state index in [1.807, 2.05) is 13.8 Å². The van der Waals surface area contributed by atoms with E-state index in [4.69, 9.17) is 5.11 Å². The van der Waals surface area contributed by atoms with E-state index >= 15 is 0 Å². The van der Waals surface area contributed by atoms with Gasteiger partial charge in [-0.2, -0.15) is 18.3 Å². The Morgan fingerprint density at radius 3 is 2.30 bits per heavy atom. The molecule has 1 amide bonds. The summed E-state index contributed by atoms with van der Waals surface area (Å²) in [7, 11) is 0. The van der Waals surface area contributed by atoms with E-state index in [0.29, 0.717) is 23.4 Å². The van der Waals surface area contributed by atoms with E-state index in [0.717, 1.165) is 17.3 Å². The molecule has 0 atom stereocenters. The molecule has 0 aliphatic carbocycles. The number of β-amino-alcohol motifs (C(OH)–C–C–N with tert-alkyl or cyclic N) is 1. The molecule has 1 fully saturated rings. The van der Waals surface area contributed by atoms with Crippen LogP contribution in [0.4, 0.5) is 18.9 Å². The lowest BCUT2D eigenvalue weighted by Gasteiger charge is -2.10. The summed E-state index contributed by atoms with van der Waals surface area (Å²) in [4.78, 5) is 22.5. The highest BCUT2D eigenvalue weighted by molar-refractivity contribution is 6.04. The van der Waals surface area contributed by atoms with Crippen LogP contribution in [-0.4, -0.2) is 61.9 Å². The van der Waals surface area contributed by atoms with Gasteiger partial charge >= 0.3 is 6.18 Å². The van der Waals surface area contributed by atoms with Gasteiger partial charge in [-0.15, -0.1) is 0 Å². The highest BCUT2D eigenvalue weighted by Crippen LogP contribution is 2.33. The highest BCUT2D eigenvalue weighted by atomic mass is 19.4. The third-order valence-electron chi connectivity index (χ3n) is 5.83. The Morgan fingerprint density at radius 2 is 1.73 bits per heavy atom. The summed E-state index contributed by atoms with van der Waals surface area (Å²) in [5.74, 6) is -0.380. The number of nitrogens with one attached hydrogen (secondary N) is 1. The molecule has 1 saturated heterocycles. The Bertz CT molecular complexity index is 1310. The molecule has 1 aromatic carbocycles. The number of rotatable bonds is 6. The summed E-state index contributed by atoms with van der Waals surface area (Å²) in [5, 5.41) is 15.2. The number of pyridine rings is 2. The molecule has 0 bridgehead atoms. The van der Waals surface area contributed by atoms with Crippen LogP contribution < -0.4 is 5.32 Å². The first-order valence-electron chi connectivity index (χ1n) is 13.1. The Balaban J connectivity index is 0.000000376. The van der Waals surface area contributed by atoms with Gasteiger partial charge in [-0.1, -0.05) is 32.0 Å². The van der Waals surface area contributed by atoms with Gasteiger partial charge in [0.1, 0.15) is 0 Å². The molecule has 0 saturated carbocycles.